The molecule has 1 aromatic carbocycles. The highest BCUT2D eigenvalue weighted by Gasteiger charge is 2.21. The topological polar surface area (TPSA) is 89.6 Å². The average molecular weight is 334 g/mol. The second kappa shape index (κ2) is 5.86. The molecule has 0 saturated heterocycles. The number of ether oxygens (including phenoxy) is 1. The van der Waals surface area contributed by atoms with E-state index in [9.17, 15) is 9.90 Å². The number of hydrogen-bond acceptors (Lipinski definition) is 6. The first-order valence-corrected chi connectivity index (χ1v) is 7.79. The standard InChI is InChI=1S/C18H14N4O3/c1-2-25-18(24)13-10-11-6-5-9-19-15(11)22-16(20-21-17(13)22)12-7-3-4-8-14(12)23/h3-10,23H,2H2,1H3. The predicted octanol–water partition coefficient (Wildman–Crippen LogP) is 2.83. The zero-order chi connectivity index (χ0) is 17.4. The minimum absolute atomic E-state index is 0.0717. The Morgan fingerprint density at radius 3 is 2.80 bits per heavy atom. The van der Waals surface area contributed by atoms with E-state index < -0.39 is 5.97 Å². The van der Waals surface area contributed by atoms with Gasteiger partial charge in [-0.3, -0.25) is 4.40 Å². The number of pyridine rings is 2. The normalized spacial score (nSPS) is 11.1. The monoisotopic (exact) mass is 334 g/mol. The molecule has 4 aromatic rings. The number of para-hydroxylation sites is 1. The molecular formula is C18H14N4O3. The van der Waals surface area contributed by atoms with E-state index in [0.717, 1.165) is 5.39 Å². The maximum Gasteiger partial charge on any atom is 0.342 e. The second-order valence-corrected chi connectivity index (χ2v) is 5.39. The molecule has 124 valence electrons. The van der Waals surface area contributed by atoms with Gasteiger partial charge in [-0.2, -0.15) is 0 Å². The molecule has 1 N–H and O–H groups in total. The van der Waals surface area contributed by atoms with Crippen LogP contribution in [0.4, 0.5) is 0 Å². The molecule has 3 heterocycles. The third kappa shape index (κ3) is 2.37. The largest absolute Gasteiger partial charge is 0.507 e. The lowest BCUT2D eigenvalue weighted by Crippen LogP contribution is -2.08. The van der Waals surface area contributed by atoms with Crippen LogP contribution in [0.2, 0.25) is 0 Å². The summed E-state index contributed by atoms with van der Waals surface area (Å²) in [5.41, 5.74) is 1.73. The molecule has 4 rings (SSSR count). The summed E-state index contributed by atoms with van der Waals surface area (Å²) in [5, 5.41) is 19.3. The maximum absolute atomic E-state index is 12.3. The molecule has 25 heavy (non-hydrogen) atoms. The van der Waals surface area contributed by atoms with Crippen LogP contribution in [0.1, 0.15) is 17.3 Å². The first kappa shape index (κ1) is 15.1. The lowest BCUT2D eigenvalue weighted by molar-refractivity contribution is 0.0528. The van der Waals surface area contributed by atoms with E-state index in [1.807, 2.05) is 6.07 Å². The van der Waals surface area contributed by atoms with E-state index >= 15 is 0 Å². The molecule has 0 saturated carbocycles. The number of hydrogen-bond donors (Lipinski definition) is 1. The molecule has 0 aliphatic heterocycles. The van der Waals surface area contributed by atoms with Gasteiger partial charge in [0, 0.05) is 11.6 Å². The lowest BCUT2D eigenvalue weighted by Gasteiger charge is -2.08. The van der Waals surface area contributed by atoms with Crippen molar-refractivity contribution in [3.63, 3.8) is 0 Å². The van der Waals surface area contributed by atoms with Crippen molar-refractivity contribution in [2.24, 2.45) is 0 Å². The summed E-state index contributed by atoms with van der Waals surface area (Å²) < 4.78 is 6.80. The highest BCUT2D eigenvalue weighted by atomic mass is 16.5. The minimum atomic E-state index is -0.477. The molecule has 0 fully saturated rings. The molecule has 7 heteroatoms. The zero-order valence-corrected chi connectivity index (χ0v) is 13.4. The molecule has 0 amide bonds. The molecule has 0 radical (unpaired) electrons. The van der Waals surface area contributed by atoms with Crippen LogP contribution in [0.3, 0.4) is 0 Å². The van der Waals surface area contributed by atoms with Gasteiger partial charge in [-0.05, 0) is 37.3 Å². The van der Waals surface area contributed by atoms with Crippen molar-refractivity contribution < 1.29 is 14.6 Å². The van der Waals surface area contributed by atoms with Gasteiger partial charge in [0.05, 0.1) is 12.2 Å². The minimum Gasteiger partial charge on any atom is -0.507 e. The number of phenols is 1. The summed E-state index contributed by atoms with van der Waals surface area (Å²) in [6, 6.07) is 12.1. The number of rotatable bonds is 3. The smallest absolute Gasteiger partial charge is 0.342 e. The van der Waals surface area contributed by atoms with Gasteiger partial charge in [0.15, 0.2) is 11.5 Å². The highest BCUT2D eigenvalue weighted by molar-refractivity contribution is 6.00. The Kier molecular flexibility index (Phi) is 3.53. The van der Waals surface area contributed by atoms with Crippen LogP contribution in [-0.4, -0.2) is 37.3 Å². The number of fused-ring (bicyclic) bond motifs is 3. The van der Waals surface area contributed by atoms with E-state index in [1.165, 1.54) is 0 Å². The van der Waals surface area contributed by atoms with Gasteiger partial charge in [0.2, 0.25) is 0 Å². The molecule has 0 spiro atoms. The zero-order valence-electron chi connectivity index (χ0n) is 13.4. The Morgan fingerprint density at radius 1 is 1.16 bits per heavy atom. The Labute approximate surface area is 142 Å². The van der Waals surface area contributed by atoms with Crippen molar-refractivity contribution in [3.8, 4) is 17.1 Å². The first-order chi connectivity index (χ1) is 12.2. The van der Waals surface area contributed by atoms with Crippen molar-refractivity contribution >= 4 is 22.6 Å². The number of benzene rings is 1. The van der Waals surface area contributed by atoms with E-state index in [4.69, 9.17) is 4.74 Å². The number of nitrogens with zero attached hydrogens (tertiary/aromatic N) is 4. The third-order valence-electron chi connectivity index (χ3n) is 3.87. The van der Waals surface area contributed by atoms with E-state index in [2.05, 4.69) is 15.2 Å². The van der Waals surface area contributed by atoms with Crippen molar-refractivity contribution in [2.75, 3.05) is 6.61 Å². The number of carbonyl (C=O) groups excluding carboxylic acids is 1. The molecule has 0 atom stereocenters. The van der Waals surface area contributed by atoms with Gasteiger partial charge in [-0.15, -0.1) is 10.2 Å². The molecule has 0 bridgehead atoms. The first-order valence-electron chi connectivity index (χ1n) is 7.79. The SMILES string of the molecule is CCOC(=O)c1cc2cccnc2n2c(-c3ccccc3O)nnc12. The summed E-state index contributed by atoms with van der Waals surface area (Å²) in [7, 11) is 0. The summed E-state index contributed by atoms with van der Waals surface area (Å²) in [5.74, 6) is -0.000135. The lowest BCUT2D eigenvalue weighted by atomic mass is 10.1. The molecule has 0 unspecified atom stereocenters. The van der Waals surface area contributed by atoms with Crippen LogP contribution in [0.15, 0.2) is 48.7 Å². The molecule has 3 aromatic heterocycles. The van der Waals surface area contributed by atoms with Crippen LogP contribution in [-0.2, 0) is 4.74 Å². The molecular weight excluding hydrogens is 320 g/mol. The Bertz CT molecular complexity index is 1100. The van der Waals surface area contributed by atoms with Gasteiger partial charge >= 0.3 is 5.97 Å². The van der Waals surface area contributed by atoms with Gasteiger partial charge < -0.3 is 9.84 Å². The van der Waals surface area contributed by atoms with Gasteiger partial charge in [0.25, 0.3) is 0 Å². The number of esters is 1. The van der Waals surface area contributed by atoms with Crippen LogP contribution < -0.4 is 0 Å². The number of aromatic hydroxyl groups is 1. The molecule has 7 nitrogen and oxygen atoms in total. The Hall–Kier alpha value is -3.48. The fourth-order valence-corrected chi connectivity index (χ4v) is 2.78. The summed E-state index contributed by atoms with van der Waals surface area (Å²) in [6.45, 7) is 2.01. The van der Waals surface area contributed by atoms with Gasteiger partial charge in [0.1, 0.15) is 17.0 Å². The van der Waals surface area contributed by atoms with Crippen LogP contribution >= 0.6 is 0 Å². The second-order valence-electron chi connectivity index (χ2n) is 5.39. The predicted molar refractivity (Wildman–Crippen MR) is 91.3 cm³/mol. The van der Waals surface area contributed by atoms with E-state index in [-0.39, 0.29) is 12.4 Å². The number of carbonyl (C=O) groups is 1. The van der Waals surface area contributed by atoms with Crippen LogP contribution in [0, 0.1) is 0 Å². The summed E-state index contributed by atoms with van der Waals surface area (Å²) >= 11 is 0. The van der Waals surface area contributed by atoms with Crippen molar-refractivity contribution in [1.29, 1.82) is 0 Å². The fourth-order valence-electron chi connectivity index (χ4n) is 2.78. The highest BCUT2D eigenvalue weighted by Crippen LogP contribution is 2.30. The maximum atomic E-state index is 12.3. The Morgan fingerprint density at radius 2 is 2.00 bits per heavy atom. The number of phenolic OH excluding ortho intramolecular Hbond substituents is 1. The van der Waals surface area contributed by atoms with Crippen molar-refractivity contribution in [2.45, 2.75) is 6.92 Å². The van der Waals surface area contributed by atoms with Gasteiger partial charge in [-0.1, -0.05) is 12.1 Å². The van der Waals surface area contributed by atoms with Crippen molar-refractivity contribution in [3.05, 3.63) is 54.2 Å². The van der Waals surface area contributed by atoms with E-state index in [0.29, 0.717) is 28.2 Å². The molecule has 0 aliphatic carbocycles. The average Bonchev–Trinajstić information content (AvgIpc) is 3.07. The van der Waals surface area contributed by atoms with Crippen LogP contribution in [0.25, 0.3) is 28.1 Å². The summed E-state index contributed by atoms with van der Waals surface area (Å²) in [6.07, 6.45) is 1.65. The quantitative estimate of drug-likeness (QED) is 0.580. The molecule has 0 aliphatic rings. The van der Waals surface area contributed by atoms with Crippen LogP contribution in [0.5, 0.6) is 5.75 Å². The van der Waals surface area contributed by atoms with Crippen molar-refractivity contribution in [1.82, 2.24) is 19.6 Å². The Balaban J connectivity index is 2.11. The third-order valence-corrected chi connectivity index (χ3v) is 3.87. The van der Waals surface area contributed by atoms with Gasteiger partial charge in [-0.25, -0.2) is 9.78 Å². The summed E-state index contributed by atoms with van der Waals surface area (Å²) in [4.78, 5) is 16.7. The fraction of sp³-hybridized carbons (Fsp3) is 0.111. The van der Waals surface area contributed by atoms with E-state index in [1.54, 1.807) is 53.9 Å². The number of aromatic nitrogens is 4.